The predicted molar refractivity (Wildman–Crippen MR) is 95.4 cm³/mol. The van der Waals surface area contributed by atoms with Crippen molar-refractivity contribution in [2.45, 2.75) is 18.3 Å². The number of benzene rings is 2. The average molecular weight is 414 g/mol. The second kappa shape index (κ2) is 8.92. The summed E-state index contributed by atoms with van der Waals surface area (Å²) < 4.78 is 70.8. The lowest BCUT2D eigenvalue weighted by molar-refractivity contribution is -0.136. The molecule has 2 aromatic carbocycles. The predicted octanol–water partition coefficient (Wildman–Crippen LogP) is 3.77. The number of hydrogen-bond donors (Lipinski definition) is 0. The normalized spacial score (nSPS) is 12.9. The van der Waals surface area contributed by atoms with Gasteiger partial charge in [0.15, 0.2) is 0 Å². The van der Waals surface area contributed by atoms with Gasteiger partial charge in [-0.1, -0.05) is 60.7 Å². The Morgan fingerprint density at radius 1 is 0.893 bits per heavy atom. The highest BCUT2D eigenvalue weighted by atomic mass is 32.2. The summed E-state index contributed by atoms with van der Waals surface area (Å²) in [5.74, 6) is -1.62. The quantitative estimate of drug-likeness (QED) is 0.227. The molecule has 0 aliphatic rings. The Labute approximate surface area is 160 Å². The van der Waals surface area contributed by atoms with E-state index in [9.17, 15) is 26.4 Å². The van der Waals surface area contributed by atoms with Crippen LogP contribution >= 0.6 is 0 Å². The summed E-state index contributed by atoms with van der Waals surface area (Å²) in [5.41, 5.74) is -4.92. The van der Waals surface area contributed by atoms with E-state index in [1.165, 1.54) is 0 Å². The fraction of sp³-hybridized carbons (Fsp3) is 0.211. The van der Waals surface area contributed by atoms with Crippen LogP contribution in [0, 0.1) is 0 Å². The largest absolute Gasteiger partial charge is 0.534 e. The third-order valence-electron chi connectivity index (χ3n) is 3.69. The molecule has 0 unspecified atom stereocenters. The first-order valence-electron chi connectivity index (χ1n) is 8.03. The number of carbonyl (C=O) groups excluding carboxylic acids is 1. The molecule has 0 bridgehead atoms. The second-order valence-electron chi connectivity index (χ2n) is 5.70. The summed E-state index contributed by atoms with van der Waals surface area (Å²) in [6, 6.07) is 16.4. The monoisotopic (exact) mass is 414 g/mol. The Hall–Kier alpha value is -2.81. The van der Waals surface area contributed by atoms with E-state index in [2.05, 4.69) is 8.92 Å². The molecule has 2 rings (SSSR count). The molecule has 0 N–H and O–H groups in total. The molecule has 28 heavy (non-hydrogen) atoms. The molecule has 0 atom stereocenters. The lowest BCUT2D eigenvalue weighted by Gasteiger charge is -2.16. The van der Waals surface area contributed by atoms with E-state index in [1.54, 1.807) is 60.7 Å². The van der Waals surface area contributed by atoms with Crippen molar-refractivity contribution >= 4 is 16.1 Å². The Balaban J connectivity index is 2.56. The van der Waals surface area contributed by atoms with Crippen LogP contribution in [0.15, 0.2) is 72.0 Å². The van der Waals surface area contributed by atoms with Gasteiger partial charge in [-0.25, -0.2) is 4.79 Å². The van der Waals surface area contributed by atoms with Gasteiger partial charge < -0.3 is 8.92 Å². The summed E-state index contributed by atoms with van der Waals surface area (Å²) in [6.45, 7) is 0. The third-order valence-corrected chi connectivity index (χ3v) is 4.68. The maximum Gasteiger partial charge on any atom is 0.534 e. The molecular weight excluding hydrogens is 397 g/mol. The molecule has 0 saturated heterocycles. The number of hydrogen-bond acceptors (Lipinski definition) is 5. The van der Waals surface area contributed by atoms with Crippen molar-refractivity contribution in [1.29, 1.82) is 0 Å². The van der Waals surface area contributed by atoms with Crippen LogP contribution in [-0.2, 0) is 36.7 Å². The summed E-state index contributed by atoms with van der Waals surface area (Å²) in [6.07, 6.45) is -0.503. The average Bonchev–Trinajstić information content (AvgIpc) is 2.65. The zero-order valence-electron chi connectivity index (χ0n) is 14.8. The van der Waals surface area contributed by atoms with E-state index in [0.717, 1.165) is 7.11 Å². The minimum absolute atomic E-state index is 0.164. The first-order chi connectivity index (χ1) is 13.1. The van der Waals surface area contributed by atoms with Crippen molar-refractivity contribution in [3.63, 3.8) is 0 Å². The van der Waals surface area contributed by atoms with Crippen LogP contribution in [0.1, 0.15) is 11.1 Å². The number of esters is 1. The number of alkyl halides is 3. The van der Waals surface area contributed by atoms with Gasteiger partial charge in [0.2, 0.25) is 0 Å². The Bertz CT molecular complexity index is 937. The van der Waals surface area contributed by atoms with Crippen molar-refractivity contribution < 1.29 is 35.3 Å². The molecule has 0 heterocycles. The van der Waals surface area contributed by atoms with Crippen LogP contribution in [0.4, 0.5) is 13.2 Å². The Kier molecular flexibility index (Phi) is 6.85. The zero-order valence-corrected chi connectivity index (χ0v) is 15.6. The topological polar surface area (TPSA) is 69.7 Å². The van der Waals surface area contributed by atoms with Crippen LogP contribution in [0.3, 0.4) is 0 Å². The highest BCUT2D eigenvalue weighted by molar-refractivity contribution is 7.87. The molecule has 0 saturated carbocycles. The van der Waals surface area contributed by atoms with Gasteiger partial charge in [0.25, 0.3) is 0 Å². The number of methoxy groups -OCH3 is 1. The first kappa shape index (κ1) is 21.5. The number of rotatable bonds is 7. The van der Waals surface area contributed by atoms with E-state index < -0.39 is 27.4 Å². The van der Waals surface area contributed by atoms with E-state index in [1.807, 2.05) is 0 Å². The van der Waals surface area contributed by atoms with Crippen LogP contribution in [0.5, 0.6) is 0 Å². The summed E-state index contributed by atoms with van der Waals surface area (Å²) in [7, 11) is -4.91. The number of allylic oxidation sites excluding steroid dienone is 1. The molecule has 0 fully saturated rings. The summed E-state index contributed by atoms with van der Waals surface area (Å²) in [4.78, 5) is 12.2. The van der Waals surface area contributed by atoms with Gasteiger partial charge >= 0.3 is 21.6 Å². The van der Waals surface area contributed by atoms with Crippen LogP contribution in [-0.4, -0.2) is 27.0 Å². The van der Waals surface area contributed by atoms with Crippen LogP contribution in [0.25, 0.3) is 0 Å². The van der Waals surface area contributed by atoms with Crippen molar-refractivity contribution in [1.82, 2.24) is 0 Å². The lowest BCUT2D eigenvalue weighted by atomic mass is 10.0. The van der Waals surface area contributed by atoms with E-state index >= 15 is 0 Å². The van der Waals surface area contributed by atoms with E-state index in [0.29, 0.717) is 11.1 Å². The molecule has 0 amide bonds. The molecule has 5 nitrogen and oxygen atoms in total. The lowest BCUT2D eigenvalue weighted by Crippen LogP contribution is -2.27. The fourth-order valence-corrected chi connectivity index (χ4v) is 2.87. The first-order valence-corrected chi connectivity index (χ1v) is 9.44. The van der Waals surface area contributed by atoms with Gasteiger partial charge in [-0.05, 0) is 11.1 Å². The molecule has 0 aromatic heterocycles. The number of ether oxygens (including phenoxy) is 1. The molecule has 0 aliphatic heterocycles. The minimum atomic E-state index is -5.96. The molecule has 2 aromatic rings. The van der Waals surface area contributed by atoms with Crippen molar-refractivity contribution in [2.24, 2.45) is 0 Å². The molecule has 0 aliphatic carbocycles. The van der Waals surface area contributed by atoms with Gasteiger partial charge in [0.1, 0.15) is 5.76 Å². The molecule has 0 spiro atoms. The van der Waals surface area contributed by atoms with Gasteiger partial charge in [-0.3, -0.25) is 0 Å². The zero-order chi connectivity index (χ0) is 20.8. The summed E-state index contributed by atoms with van der Waals surface area (Å²) >= 11 is 0. The number of halogens is 3. The smallest absolute Gasteiger partial charge is 0.466 e. The molecular formula is C19H17F3O5S. The highest BCUT2D eigenvalue weighted by Gasteiger charge is 2.49. The second-order valence-corrected chi connectivity index (χ2v) is 7.24. The van der Waals surface area contributed by atoms with E-state index in [4.69, 9.17) is 0 Å². The standard InChI is InChI=1S/C19H17F3O5S/c1-26-18(23)16(12-14-8-4-2-5-9-14)17(13-15-10-6-3-7-11-15)27-28(24,25)19(20,21)22/h2-11H,12-13H2,1H3/b17-16-. The minimum Gasteiger partial charge on any atom is -0.466 e. The maximum absolute atomic E-state index is 12.9. The molecule has 150 valence electrons. The summed E-state index contributed by atoms with van der Waals surface area (Å²) in [5, 5.41) is 0. The van der Waals surface area contributed by atoms with Crippen molar-refractivity contribution in [2.75, 3.05) is 7.11 Å². The Morgan fingerprint density at radius 2 is 1.36 bits per heavy atom. The molecule has 9 heteroatoms. The third kappa shape index (κ3) is 5.59. The molecule has 0 radical (unpaired) electrons. The van der Waals surface area contributed by atoms with E-state index in [-0.39, 0.29) is 18.4 Å². The highest BCUT2D eigenvalue weighted by Crippen LogP contribution is 2.29. The Morgan fingerprint density at radius 3 is 1.79 bits per heavy atom. The van der Waals surface area contributed by atoms with Gasteiger partial charge in [-0.2, -0.15) is 21.6 Å². The van der Waals surface area contributed by atoms with Gasteiger partial charge in [0, 0.05) is 12.8 Å². The van der Waals surface area contributed by atoms with Crippen LogP contribution in [0.2, 0.25) is 0 Å². The number of carbonyl (C=O) groups is 1. The van der Waals surface area contributed by atoms with Gasteiger partial charge in [-0.15, -0.1) is 0 Å². The van der Waals surface area contributed by atoms with Gasteiger partial charge in [0.05, 0.1) is 12.7 Å². The van der Waals surface area contributed by atoms with Crippen LogP contribution < -0.4 is 0 Å². The maximum atomic E-state index is 12.9. The fourth-order valence-electron chi connectivity index (χ4n) is 2.36. The van der Waals surface area contributed by atoms with Crippen molar-refractivity contribution in [3.05, 3.63) is 83.1 Å². The van der Waals surface area contributed by atoms with Crippen molar-refractivity contribution in [3.8, 4) is 0 Å². The SMILES string of the molecule is COC(=O)/C(Cc1ccccc1)=C(/Cc1ccccc1)OS(=O)(=O)C(F)(F)F.